The molecule has 4 heteroatoms. The van der Waals surface area contributed by atoms with E-state index in [-0.39, 0.29) is 0 Å². The molecule has 0 amide bonds. The van der Waals surface area contributed by atoms with Crippen molar-refractivity contribution in [3.8, 4) is 0 Å². The maximum Gasteiger partial charge on any atom is 0.0916 e. The van der Waals surface area contributed by atoms with Crippen LogP contribution in [0, 0.1) is 0 Å². The highest BCUT2D eigenvalue weighted by atomic mass is 35.5. The molecule has 1 aromatic carbocycles. The van der Waals surface area contributed by atoms with Crippen LogP contribution in [0.15, 0.2) is 24.3 Å². The highest BCUT2D eigenvalue weighted by Crippen LogP contribution is 2.18. The second kappa shape index (κ2) is 7.25. The van der Waals surface area contributed by atoms with Gasteiger partial charge >= 0.3 is 0 Å². The Morgan fingerprint density at radius 1 is 1.11 bits per heavy atom. The number of aliphatic hydroxyl groups is 1. The van der Waals surface area contributed by atoms with Gasteiger partial charge in [-0.1, -0.05) is 30.7 Å². The molecule has 2 rings (SSSR count). The average Bonchev–Trinajstić information content (AvgIpc) is 2.64. The van der Waals surface area contributed by atoms with Crippen molar-refractivity contribution < 1.29 is 5.11 Å². The number of aliphatic hydroxyl groups excluding tert-OH is 1. The quantitative estimate of drug-likeness (QED) is 0.919. The largest absolute Gasteiger partial charge is 0.387 e. The molecule has 0 radical (unpaired) electrons. The number of hydrogen-bond acceptors (Lipinski definition) is 3. The summed E-state index contributed by atoms with van der Waals surface area (Å²) < 4.78 is 0. The van der Waals surface area contributed by atoms with E-state index in [9.17, 15) is 5.11 Å². The van der Waals surface area contributed by atoms with Gasteiger partial charge in [0.2, 0.25) is 0 Å². The van der Waals surface area contributed by atoms with Crippen molar-refractivity contribution in [1.29, 1.82) is 0 Å². The van der Waals surface area contributed by atoms with Crippen LogP contribution in [0.2, 0.25) is 5.02 Å². The number of nitrogens with zero attached hydrogens (tertiary/aromatic N) is 2. The third-order valence-corrected chi connectivity index (χ3v) is 4.07. The summed E-state index contributed by atoms with van der Waals surface area (Å²) in [6.45, 7) is 8.42. The van der Waals surface area contributed by atoms with Gasteiger partial charge in [-0.25, -0.2) is 0 Å². The summed E-state index contributed by atoms with van der Waals surface area (Å²) in [5.74, 6) is 0. The van der Waals surface area contributed by atoms with Crippen LogP contribution in [-0.2, 0) is 0 Å². The molecule has 1 N–H and O–H groups in total. The standard InChI is InChI=1S/C15H23ClN2O/c1-2-17-8-3-9-18(11-10-17)12-15(19)13-4-6-14(16)7-5-13/h4-7,15,19H,2-3,8-12H2,1H3. The van der Waals surface area contributed by atoms with Gasteiger partial charge in [-0.3, -0.25) is 4.90 Å². The van der Waals surface area contributed by atoms with E-state index in [0.29, 0.717) is 11.6 Å². The van der Waals surface area contributed by atoms with Gasteiger partial charge in [-0.2, -0.15) is 0 Å². The second-order valence-electron chi connectivity index (χ2n) is 5.16. The normalized spacial score (nSPS) is 20.2. The zero-order valence-electron chi connectivity index (χ0n) is 11.6. The van der Waals surface area contributed by atoms with Crippen molar-refractivity contribution in [1.82, 2.24) is 9.80 Å². The van der Waals surface area contributed by atoms with Gasteiger partial charge in [-0.05, 0) is 43.8 Å². The highest BCUT2D eigenvalue weighted by molar-refractivity contribution is 6.30. The zero-order valence-corrected chi connectivity index (χ0v) is 12.3. The molecule has 1 saturated heterocycles. The van der Waals surface area contributed by atoms with Crippen molar-refractivity contribution in [3.63, 3.8) is 0 Å². The lowest BCUT2D eigenvalue weighted by molar-refractivity contribution is 0.115. The van der Waals surface area contributed by atoms with Gasteiger partial charge in [0.25, 0.3) is 0 Å². The fourth-order valence-corrected chi connectivity index (χ4v) is 2.68. The Kier molecular flexibility index (Phi) is 5.64. The van der Waals surface area contributed by atoms with E-state index in [1.54, 1.807) is 0 Å². The predicted octanol–water partition coefficient (Wildman–Crippen LogP) is 2.40. The number of halogens is 1. The summed E-state index contributed by atoms with van der Waals surface area (Å²) >= 11 is 5.86. The predicted molar refractivity (Wildman–Crippen MR) is 79.6 cm³/mol. The van der Waals surface area contributed by atoms with E-state index in [0.717, 1.165) is 31.7 Å². The molecular weight excluding hydrogens is 260 g/mol. The van der Waals surface area contributed by atoms with Crippen LogP contribution in [0.4, 0.5) is 0 Å². The molecule has 1 fully saturated rings. The molecule has 0 aromatic heterocycles. The topological polar surface area (TPSA) is 26.7 Å². The van der Waals surface area contributed by atoms with Crippen LogP contribution in [-0.4, -0.2) is 54.2 Å². The fraction of sp³-hybridized carbons (Fsp3) is 0.600. The average molecular weight is 283 g/mol. The Bertz CT molecular complexity index is 382. The Morgan fingerprint density at radius 2 is 1.74 bits per heavy atom. The summed E-state index contributed by atoms with van der Waals surface area (Å²) in [5.41, 5.74) is 0.945. The molecule has 0 aliphatic carbocycles. The van der Waals surface area contributed by atoms with E-state index in [1.165, 1.54) is 13.0 Å². The summed E-state index contributed by atoms with van der Waals surface area (Å²) in [5, 5.41) is 11.0. The first-order valence-electron chi connectivity index (χ1n) is 7.07. The van der Waals surface area contributed by atoms with Crippen molar-refractivity contribution in [2.75, 3.05) is 39.3 Å². The Labute approximate surface area is 120 Å². The van der Waals surface area contributed by atoms with Crippen LogP contribution in [0.5, 0.6) is 0 Å². The van der Waals surface area contributed by atoms with Gasteiger partial charge in [0.1, 0.15) is 0 Å². The molecule has 19 heavy (non-hydrogen) atoms. The van der Waals surface area contributed by atoms with Crippen molar-refractivity contribution in [2.45, 2.75) is 19.4 Å². The first kappa shape index (κ1) is 14.8. The number of likely N-dealkylation sites (N-methyl/N-ethyl adjacent to an activating group) is 1. The number of hydrogen-bond donors (Lipinski definition) is 1. The van der Waals surface area contributed by atoms with Gasteiger partial charge in [-0.15, -0.1) is 0 Å². The van der Waals surface area contributed by atoms with Gasteiger partial charge < -0.3 is 10.0 Å². The van der Waals surface area contributed by atoms with E-state index in [1.807, 2.05) is 24.3 Å². The molecular formula is C15H23ClN2O. The molecule has 1 unspecified atom stereocenters. The minimum atomic E-state index is -0.426. The van der Waals surface area contributed by atoms with E-state index < -0.39 is 6.10 Å². The lowest BCUT2D eigenvalue weighted by Gasteiger charge is -2.23. The molecule has 1 aromatic rings. The number of β-amino-alcohol motifs (C(OH)–C–C–N with tert-alkyl or cyclic N) is 1. The second-order valence-corrected chi connectivity index (χ2v) is 5.59. The van der Waals surface area contributed by atoms with E-state index >= 15 is 0 Å². The Morgan fingerprint density at radius 3 is 2.42 bits per heavy atom. The molecule has 1 aliphatic rings. The van der Waals surface area contributed by atoms with Gasteiger partial charge in [0, 0.05) is 24.7 Å². The fourth-order valence-electron chi connectivity index (χ4n) is 2.56. The monoisotopic (exact) mass is 282 g/mol. The highest BCUT2D eigenvalue weighted by Gasteiger charge is 2.17. The third-order valence-electron chi connectivity index (χ3n) is 3.81. The van der Waals surface area contributed by atoms with Gasteiger partial charge in [0.15, 0.2) is 0 Å². The molecule has 1 heterocycles. The molecule has 1 atom stereocenters. The molecule has 0 spiro atoms. The molecule has 1 aliphatic heterocycles. The summed E-state index contributed by atoms with van der Waals surface area (Å²) in [6, 6.07) is 7.48. The third kappa shape index (κ3) is 4.46. The Balaban J connectivity index is 1.88. The maximum atomic E-state index is 10.3. The zero-order chi connectivity index (χ0) is 13.7. The summed E-state index contributed by atoms with van der Waals surface area (Å²) in [4.78, 5) is 4.82. The first-order valence-corrected chi connectivity index (χ1v) is 7.45. The Hall–Kier alpha value is -0.610. The SMILES string of the molecule is CCN1CCCN(CC(O)c2ccc(Cl)cc2)CC1. The van der Waals surface area contributed by atoms with Crippen LogP contribution in [0.3, 0.4) is 0 Å². The summed E-state index contributed by atoms with van der Waals surface area (Å²) in [7, 11) is 0. The van der Waals surface area contributed by atoms with Crippen LogP contribution < -0.4 is 0 Å². The van der Waals surface area contributed by atoms with E-state index in [4.69, 9.17) is 11.6 Å². The minimum Gasteiger partial charge on any atom is -0.387 e. The summed E-state index contributed by atoms with van der Waals surface area (Å²) in [6.07, 6.45) is 0.756. The number of rotatable bonds is 4. The van der Waals surface area contributed by atoms with Crippen molar-refractivity contribution in [3.05, 3.63) is 34.9 Å². The van der Waals surface area contributed by atoms with Gasteiger partial charge in [0.05, 0.1) is 6.10 Å². The lowest BCUT2D eigenvalue weighted by atomic mass is 10.1. The molecule has 106 valence electrons. The maximum absolute atomic E-state index is 10.3. The minimum absolute atomic E-state index is 0.426. The van der Waals surface area contributed by atoms with Crippen molar-refractivity contribution >= 4 is 11.6 Å². The lowest BCUT2D eigenvalue weighted by Crippen LogP contribution is -2.33. The molecule has 0 bridgehead atoms. The molecule has 0 saturated carbocycles. The smallest absolute Gasteiger partial charge is 0.0916 e. The van der Waals surface area contributed by atoms with E-state index in [2.05, 4.69) is 16.7 Å². The van der Waals surface area contributed by atoms with Crippen molar-refractivity contribution in [2.24, 2.45) is 0 Å². The van der Waals surface area contributed by atoms with Crippen LogP contribution in [0.25, 0.3) is 0 Å². The van der Waals surface area contributed by atoms with Crippen LogP contribution in [0.1, 0.15) is 25.0 Å². The number of benzene rings is 1. The molecule has 3 nitrogen and oxygen atoms in total. The first-order chi connectivity index (χ1) is 9.19. The van der Waals surface area contributed by atoms with Crippen LogP contribution >= 0.6 is 11.6 Å².